The van der Waals surface area contributed by atoms with Gasteiger partial charge in [-0.1, -0.05) is 27.5 Å². The van der Waals surface area contributed by atoms with Crippen LogP contribution in [0.15, 0.2) is 53.3 Å². The van der Waals surface area contributed by atoms with Crippen LogP contribution in [0, 0.1) is 6.92 Å². The zero-order valence-electron chi connectivity index (χ0n) is 12.8. The van der Waals surface area contributed by atoms with E-state index in [1.54, 1.807) is 0 Å². The number of benzene rings is 2. The molecule has 1 heterocycles. The molecule has 0 radical (unpaired) electrons. The number of halogens is 2. The van der Waals surface area contributed by atoms with E-state index in [1.165, 1.54) is 6.33 Å². The molecule has 3 aromatic rings. The number of hydrogen-bond acceptors (Lipinski definition) is 5. The van der Waals surface area contributed by atoms with E-state index in [4.69, 9.17) is 17.3 Å². The number of nitrogens with two attached hydrogens (primary N) is 1. The van der Waals surface area contributed by atoms with Crippen molar-refractivity contribution in [2.24, 2.45) is 0 Å². The van der Waals surface area contributed by atoms with Gasteiger partial charge in [-0.05, 0) is 55.0 Å². The molecule has 0 unspecified atom stereocenters. The van der Waals surface area contributed by atoms with Gasteiger partial charge in [-0.15, -0.1) is 0 Å². The number of rotatable bonds is 4. The second-order valence-corrected chi connectivity index (χ2v) is 6.55. The van der Waals surface area contributed by atoms with Crippen molar-refractivity contribution in [1.82, 2.24) is 9.97 Å². The number of aromatic nitrogens is 2. The number of nitrogen functional groups attached to an aromatic ring is 1. The fraction of sp³-hybridized carbons (Fsp3) is 0.0588. The molecular formula is C17H15BrClN5. The Bertz CT molecular complexity index is 867. The lowest BCUT2D eigenvalue weighted by molar-refractivity contribution is 1.17. The molecule has 0 aliphatic rings. The summed E-state index contributed by atoms with van der Waals surface area (Å²) in [6, 6.07) is 13.3. The minimum absolute atomic E-state index is 0.440. The Morgan fingerprint density at radius 1 is 1.00 bits per heavy atom. The molecule has 24 heavy (non-hydrogen) atoms. The number of anilines is 5. The van der Waals surface area contributed by atoms with Gasteiger partial charge in [0.15, 0.2) is 11.6 Å². The van der Waals surface area contributed by atoms with Gasteiger partial charge in [0, 0.05) is 20.9 Å². The highest BCUT2D eigenvalue weighted by Crippen LogP contribution is 2.30. The quantitative estimate of drug-likeness (QED) is 0.552. The van der Waals surface area contributed by atoms with Gasteiger partial charge in [0.2, 0.25) is 0 Å². The fourth-order valence-electron chi connectivity index (χ4n) is 2.16. The third kappa shape index (κ3) is 3.77. The average Bonchev–Trinajstić information content (AvgIpc) is 2.55. The van der Waals surface area contributed by atoms with Crippen LogP contribution < -0.4 is 16.4 Å². The normalized spacial score (nSPS) is 10.5. The molecule has 5 nitrogen and oxygen atoms in total. The van der Waals surface area contributed by atoms with Crippen LogP contribution in [-0.4, -0.2) is 9.97 Å². The molecule has 0 bridgehead atoms. The summed E-state index contributed by atoms with van der Waals surface area (Å²) in [6.07, 6.45) is 1.46. The number of hydrogen-bond donors (Lipinski definition) is 3. The van der Waals surface area contributed by atoms with Crippen LogP contribution in [0.3, 0.4) is 0 Å². The van der Waals surface area contributed by atoms with Crippen molar-refractivity contribution >= 4 is 56.2 Å². The number of nitrogens with zero attached hydrogens (tertiary/aromatic N) is 2. The maximum Gasteiger partial charge on any atom is 0.159 e. The molecule has 122 valence electrons. The topological polar surface area (TPSA) is 75.9 Å². The zero-order valence-corrected chi connectivity index (χ0v) is 15.2. The van der Waals surface area contributed by atoms with E-state index in [2.05, 4.69) is 36.5 Å². The van der Waals surface area contributed by atoms with Crippen LogP contribution in [0.1, 0.15) is 5.56 Å². The third-order valence-electron chi connectivity index (χ3n) is 3.43. The van der Waals surface area contributed by atoms with E-state index in [9.17, 15) is 0 Å². The van der Waals surface area contributed by atoms with Gasteiger partial charge in [0.25, 0.3) is 0 Å². The minimum Gasteiger partial charge on any atom is -0.393 e. The highest BCUT2D eigenvalue weighted by atomic mass is 79.9. The molecule has 0 fully saturated rings. The lowest BCUT2D eigenvalue weighted by atomic mass is 10.2. The van der Waals surface area contributed by atoms with Crippen LogP contribution in [0.25, 0.3) is 0 Å². The summed E-state index contributed by atoms with van der Waals surface area (Å²) in [5, 5.41) is 7.10. The first-order chi connectivity index (χ1) is 11.5. The van der Waals surface area contributed by atoms with Crippen molar-refractivity contribution in [2.75, 3.05) is 16.4 Å². The largest absolute Gasteiger partial charge is 0.393 e. The van der Waals surface area contributed by atoms with Crippen molar-refractivity contribution in [2.45, 2.75) is 6.92 Å². The Balaban J connectivity index is 1.86. The van der Waals surface area contributed by atoms with Crippen LogP contribution in [0.5, 0.6) is 0 Å². The van der Waals surface area contributed by atoms with Crippen molar-refractivity contribution < 1.29 is 0 Å². The summed E-state index contributed by atoms with van der Waals surface area (Å²) in [4.78, 5) is 8.44. The Morgan fingerprint density at radius 2 is 1.67 bits per heavy atom. The summed E-state index contributed by atoms with van der Waals surface area (Å²) < 4.78 is 1.00. The Labute approximate surface area is 153 Å². The number of aryl methyl sites for hydroxylation is 1. The zero-order chi connectivity index (χ0) is 17.1. The van der Waals surface area contributed by atoms with E-state index in [1.807, 2.05) is 49.4 Å². The molecule has 2 aromatic carbocycles. The minimum atomic E-state index is 0.440. The maximum atomic E-state index is 6.20. The monoisotopic (exact) mass is 403 g/mol. The molecule has 0 aliphatic heterocycles. The summed E-state index contributed by atoms with van der Waals surface area (Å²) >= 11 is 9.39. The molecular weight excluding hydrogens is 390 g/mol. The van der Waals surface area contributed by atoms with Crippen molar-refractivity contribution in [3.63, 3.8) is 0 Å². The van der Waals surface area contributed by atoms with Crippen LogP contribution in [0.2, 0.25) is 5.02 Å². The second kappa shape index (κ2) is 7.07. The molecule has 0 saturated carbocycles. The lowest BCUT2D eigenvalue weighted by Gasteiger charge is -2.14. The summed E-state index contributed by atoms with van der Waals surface area (Å²) in [5.41, 5.74) is 9.42. The van der Waals surface area contributed by atoms with Gasteiger partial charge in [0.05, 0.1) is 0 Å². The Kier molecular flexibility index (Phi) is 4.87. The van der Waals surface area contributed by atoms with Crippen molar-refractivity contribution in [1.29, 1.82) is 0 Å². The van der Waals surface area contributed by atoms with E-state index < -0.39 is 0 Å². The fourth-order valence-corrected chi connectivity index (χ4v) is 2.65. The molecule has 3 rings (SSSR count). The van der Waals surface area contributed by atoms with Gasteiger partial charge < -0.3 is 16.4 Å². The van der Waals surface area contributed by atoms with Gasteiger partial charge in [0.1, 0.15) is 12.0 Å². The lowest BCUT2D eigenvalue weighted by Crippen LogP contribution is -2.05. The van der Waals surface area contributed by atoms with E-state index in [0.717, 1.165) is 21.4 Å². The van der Waals surface area contributed by atoms with E-state index in [-0.39, 0.29) is 0 Å². The summed E-state index contributed by atoms with van der Waals surface area (Å²) in [7, 11) is 0. The van der Waals surface area contributed by atoms with E-state index >= 15 is 0 Å². The second-order valence-electron chi connectivity index (χ2n) is 5.20. The molecule has 7 heteroatoms. The summed E-state index contributed by atoms with van der Waals surface area (Å²) in [6.45, 7) is 1.96. The first-order valence-electron chi connectivity index (χ1n) is 7.19. The first-order valence-corrected chi connectivity index (χ1v) is 8.36. The third-order valence-corrected chi connectivity index (χ3v) is 4.20. The smallest absolute Gasteiger partial charge is 0.159 e. The molecule has 4 N–H and O–H groups in total. The molecule has 0 aliphatic carbocycles. The predicted octanol–water partition coefficient (Wildman–Crippen LogP) is 5.27. The maximum absolute atomic E-state index is 6.20. The highest BCUT2D eigenvalue weighted by molar-refractivity contribution is 9.10. The van der Waals surface area contributed by atoms with Crippen LogP contribution in [0.4, 0.5) is 28.7 Å². The van der Waals surface area contributed by atoms with E-state index in [0.29, 0.717) is 22.3 Å². The standard InChI is InChI=1S/C17H15BrClN5/c1-10-8-12(19)4-7-14(10)24-17-15(20)16(21-9-22-17)23-13-5-2-11(18)3-6-13/h2-9H,20H2,1H3,(H2,21,22,23,24). The summed E-state index contributed by atoms with van der Waals surface area (Å²) in [5.74, 6) is 1.08. The van der Waals surface area contributed by atoms with Gasteiger partial charge in [-0.2, -0.15) is 0 Å². The average molecular weight is 405 g/mol. The van der Waals surface area contributed by atoms with Gasteiger partial charge in [-0.25, -0.2) is 9.97 Å². The molecule has 1 aromatic heterocycles. The molecule has 0 amide bonds. The van der Waals surface area contributed by atoms with Gasteiger partial charge in [-0.3, -0.25) is 0 Å². The predicted molar refractivity (Wildman–Crippen MR) is 103 cm³/mol. The molecule has 0 saturated heterocycles. The Morgan fingerprint density at radius 3 is 2.33 bits per heavy atom. The van der Waals surface area contributed by atoms with Crippen molar-refractivity contribution in [3.05, 3.63) is 63.9 Å². The van der Waals surface area contributed by atoms with Crippen LogP contribution in [-0.2, 0) is 0 Å². The SMILES string of the molecule is Cc1cc(Cl)ccc1Nc1ncnc(Nc2ccc(Br)cc2)c1N. The number of nitrogens with one attached hydrogen (secondary N) is 2. The van der Waals surface area contributed by atoms with Crippen molar-refractivity contribution in [3.8, 4) is 0 Å². The highest BCUT2D eigenvalue weighted by Gasteiger charge is 2.10. The molecule has 0 spiro atoms. The van der Waals surface area contributed by atoms with Crippen LogP contribution >= 0.6 is 27.5 Å². The first kappa shape index (κ1) is 16.5. The van der Waals surface area contributed by atoms with Gasteiger partial charge >= 0.3 is 0 Å². The Hall–Kier alpha value is -2.31. The molecule has 0 atom stereocenters.